The molecule has 1 aromatic heterocycles. The van der Waals surface area contributed by atoms with Crippen LogP contribution in [0, 0.1) is 11.8 Å². The molecule has 0 saturated carbocycles. The van der Waals surface area contributed by atoms with Gasteiger partial charge < -0.3 is 28.5 Å². The van der Waals surface area contributed by atoms with Gasteiger partial charge in [-0.1, -0.05) is 13.8 Å². The third-order valence-electron chi connectivity index (χ3n) is 5.41. The second kappa shape index (κ2) is 13.8. The maximum absolute atomic E-state index is 13.2. The van der Waals surface area contributed by atoms with Crippen molar-refractivity contribution < 1.29 is 42.9 Å². The summed E-state index contributed by atoms with van der Waals surface area (Å²) >= 11 is 3.47. The number of carbonyl (C=O) groups is 3. The molecular formula is C23H34BrNO9. The molecule has 11 heteroatoms. The summed E-state index contributed by atoms with van der Waals surface area (Å²) in [7, 11) is 0. The maximum Gasteiger partial charge on any atom is 0.416 e. The molecule has 1 aromatic rings. The van der Waals surface area contributed by atoms with E-state index < -0.39 is 30.0 Å². The Balaban J connectivity index is 2.05. The summed E-state index contributed by atoms with van der Waals surface area (Å²) < 4.78 is 27.8. The number of aryl methyl sites for hydroxylation is 1. The Morgan fingerprint density at radius 1 is 1.21 bits per heavy atom. The van der Waals surface area contributed by atoms with E-state index >= 15 is 0 Å². The van der Waals surface area contributed by atoms with E-state index in [1.54, 1.807) is 13.0 Å². The first-order valence-corrected chi connectivity index (χ1v) is 12.2. The van der Waals surface area contributed by atoms with Crippen molar-refractivity contribution in [3.8, 4) is 0 Å². The van der Waals surface area contributed by atoms with Crippen LogP contribution >= 0.6 is 15.9 Å². The fourth-order valence-electron chi connectivity index (χ4n) is 3.57. The number of imide groups is 1. The predicted octanol–water partition coefficient (Wildman–Crippen LogP) is 3.24. The van der Waals surface area contributed by atoms with Gasteiger partial charge in [0.2, 0.25) is 5.91 Å². The number of rotatable bonds is 14. The molecule has 2 rings (SSSR count). The van der Waals surface area contributed by atoms with Crippen molar-refractivity contribution in [3.05, 3.63) is 22.1 Å². The van der Waals surface area contributed by atoms with Crippen LogP contribution in [0.1, 0.15) is 51.7 Å². The van der Waals surface area contributed by atoms with Crippen molar-refractivity contribution in [1.29, 1.82) is 0 Å². The molecule has 2 amide bonds. The van der Waals surface area contributed by atoms with E-state index in [0.717, 1.165) is 4.90 Å². The molecule has 1 fully saturated rings. The quantitative estimate of drug-likeness (QED) is 0.276. The Hall–Kier alpha value is -1.95. The van der Waals surface area contributed by atoms with Gasteiger partial charge in [-0.05, 0) is 41.3 Å². The van der Waals surface area contributed by atoms with Crippen molar-refractivity contribution in [2.24, 2.45) is 11.8 Å². The Kier molecular flexibility index (Phi) is 11.5. The lowest BCUT2D eigenvalue weighted by Gasteiger charge is -2.28. The van der Waals surface area contributed by atoms with Gasteiger partial charge in [-0.15, -0.1) is 0 Å². The maximum atomic E-state index is 13.2. The summed E-state index contributed by atoms with van der Waals surface area (Å²) in [4.78, 5) is 38.4. The van der Waals surface area contributed by atoms with Gasteiger partial charge in [-0.3, -0.25) is 9.59 Å². The number of cyclic esters (lactones) is 1. The molecule has 0 spiro atoms. The van der Waals surface area contributed by atoms with Crippen LogP contribution in [0.15, 0.2) is 15.0 Å². The van der Waals surface area contributed by atoms with Crippen LogP contribution in [-0.2, 0) is 35.0 Å². The third-order valence-corrected chi connectivity index (χ3v) is 6.08. The van der Waals surface area contributed by atoms with Crippen LogP contribution < -0.4 is 0 Å². The van der Waals surface area contributed by atoms with Gasteiger partial charge >= 0.3 is 12.1 Å². The average molecular weight is 548 g/mol. The number of amides is 2. The fourth-order valence-corrected chi connectivity index (χ4v) is 4.08. The summed E-state index contributed by atoms with van der Waals surface area (Å²) in [6, 6.07) is 1.30. The minimum Gasteiger partial charge on any atom is -0.461 e. The monoisotopic (exact) mass is 547 g/mol. The van der Waals surface area contributed by atoms with E-state index in [1.807, 2.05) is 13.8 Å². The number of ether oxygens (including phenoxy) is 4. The molecule has 192 valence electrons. The van der Waals surface area contributed by atoms with E-state index in [2.05, 4.69) is 15.9 Å². The highest BCUT2D eigenvalue weighted by Gasteiger charge is 2.44. The number of hydrogen-bond donors (Lipinski definition) is 1. The Morgan fingerprint density at radius 2 is 1.88 bits per heavy atom. The lowest BCUT2D eigenvalue weighted by atomic mass is 9.98. The first kappa shape index (κ1) is 28.3. The second-order valence-corrected chi connectivity index (χ2v) is 9.24. The van der Waals surface area contributed by atoms with Crippen LogP contribution in [0.3, 0.4) is 0 Å². The van der Waals surface area contributed by atoms with Gasteiger partial charge in [0.15, 0.2) is 6.10 Å². The minimum absolute atomic E-state index is 0.0163. The molecule has 3 unspecified atom stereocenters. The van der Waals surface area contributed by atoms with Gasteiger partial charge in [-0.2, -0.15) is 0 Å². The smallest absolute Gasteiger partial charge is 0.416 e. The number of aliphatic hydroxyl groups is 1. The van der Waals surface area contributed by atoms with Crippen molar-refractivity contribution in [3.63, 3.8) is 0 Å². The molecule has 1 aliphatic heterocycles. The van der Waals surface area contributed by atoms with Crippen LogP contribution in [0.4, 0.5) is 4.79 Å². The van der Waals surface area contributed by atoms with E-state index in [4.69, 9.17) is 28.5 Å². The highest BCUT2D eigenvalue weighted by Crippen LogP contribution is 2.35. The zero-order chi connectivity index (χ0) is 25.3. The lowest BCUT2D eigenvalue weighted by Crippen LogP contribution is -2.45. The summed E-state index contributed by atoms with van der Waals surface area (Å²) in [5.41, 5.74) is 0. The molecule has 0 bridgehead atoms. The SMILES string of the molecule is CC(=O)OC(c1cc(Br)c(CCCOCCOCCO)o1)C(C)C(=O)N1C(=O)OCC1C(C)C. The van der Waals surface area contributed by atoms with E-state index in [1.165, 1.54) is 6.92 Å². The van der Waals surface area contributed by atoms with Crippen LogP contribution in [0.2, 0.25) is 0 Å². The molecule has 2 heterocycles. The zero-order valence-electron chi connectivity index (χ0n) is 20.1. The lowest BCUT2D eigenvalue weighted by molar-refractivity contribution is -0.155. The Morgan fingerprint density at radius 3 is 2.50 bits per heavy atom. The Bertz CT molecular complexity index is 825. The number of hydrogen-bond acceptors (Lipinski definition) is 9. The van der Waals surface area contributed by atoms with Gasteiger partial charge in [0, 0.05) is 20.0 Å². The summed E-state index contributed by atoms with van der Waals surface area (Å²) in [6.45, 7) is 8.39. The van der Waals surface area contributed by atoms with Crippen molar-refractivity contribution >= 4 is 33.9 Å². The molecule has 34 heavy (non-hydrogen) atoms. The molecule has 0 radical (unpaired) electrons. The van der Waals surface area contributed by atoms with Crippen molar-refractivity contribution in [2.45, 2.75) is 52.7 Å². The molecule has 1 aliphatic rings. The van der Waals surface area contributed by atoms with Gasteiger partial charge in [0.1, 0.15) is 18.1 Å². The summed E-state index contributed by atoms with van der Waals surface area (Å²) in [5, 5.41) is 8.66. The standard InChI is InChI=1S/C23H34BrNO9/c1-14(2)18-13-32-23(29)25(18)22(28)15(3)21(33-16(4)27)20-12-17(24)19(34-20)6-5-8-30-10-11-31-9-7-26/h12,14-15,18,21,26H,5-11,13H2,1-4H3. The molecule has 1 saturated heterocycles. The third kappa shape index (κ3) is 7.79. The minimum atomic E-state index is -1.00. The first-order valence-electron chi connectivity index (χ1n) is 11.4. The zero-order valence-corrected chi connectivity index (χ0v) is 21.7. The molecule has 1 N–H and O–H groups in total. The van der Waals surface area contributed by atoms with Crippen molar-refractivity contribution in [1.82, 2.24) is 4.90 Å². The summed E-state index contributed by atoms with van der Waals surface area (Å²) in [5.74, 6) is -0.970. The molecular weight excluding hydrogens is 514 g/mol. The second-order valence-electron chi connectivity index (χ2n) is 8.39. The summed E-state index contributed by atoms with van der Waals surface area (Å²) in [6.07, 6.45) is -0.467. The van der Waals surface area contributed by atoms with Crippen LogP contribution in [0.5, 0.6) is 0 Å². The Labute approximate surface area is 208 Å². The number of nitrogens with zero attached hydrogens (tertiary/aromatic N) is 1. The number of aliphatic hydroxyl groups excluding tert-OH is 1. The van der Waals surface area contributed by atoms with Crippen molar-refractivity contribution in [2.75, 3.05) is 39.6 Å². The molecule has 0 aromatic carbocycles. The fraction of sp³-hybridized carbons (Fsp3) is 0.696. The largest absolute Gasteiger partial charge is 0.461 e. The predicted molar refractivity (Wildman–Crippen MR) is 124 cm³/mol. The highest BCUT2D eigenvalue weighted by atomic mass is 79.9. The molecule has 0 aliphatic carbocycles. The van der Waals surface area contributed by atoms with Gasteiger partial charge in [-0.25, -0.2) is 9.69 Å². The van der Waals surface area contributed by atoms with E-state index in [9.17, 15) is 14.4 Å². The van der Waals surface area contributed by atoms with E-state index in [0.29, 0.717) is 48.7 Å². The normalized spacial score (nSPS) is 17.7. The number of halogens is 1. The highest BCUT2D eigenvalue weighted by molar-refractivity contribution is 9.10. The average Bonchev–Trinajstić information content (AvgIpc) is 3.35. The topological polar surface area (TPSA) is 125 Å². The van der Waals surface area contributed by atoms with Gasteiger partial charge in [0.05, 0.1) is 42.9 Å². The first-order chi connectivity index (χ1) is 16.2. The van der Waals surface area contributed by atoms with Crippen LogP contribution in [-0.4, -0.2) is 73.7 Å². The number of furan rings is 1. The molecule has 3 atom stereocenters. The number of carbonyl (C=O) groups excluding carboxylic acids is 3. The molecule has 10 nitrogen and oxygen atoms in total. The number of esters is 1. The van der Waals surface area contributed by atoms with Gasteiger partial charge in [0.25, 0.3) is 0 Å². The van der Waals surface area contributed by atoms with E-state index in [-0.39, 0.29) is 31.8 Å². The van der Waals surface area contributed by atoms with Crippen LogP contribution in [0.25, 0.3) is 0 Å².